The maximum absolute atomic E-state index is 12.9. The Balaban J connectivity index is 1.75. The van der Waals surface area contributed by atoms with Crippen molar-refractivity contribution in [3.63, 3.8) is 0 Å². The summed E-state index contributed by atoms with van der Waals surface area (Å²) in [6.45, 7) is 8.13. The summed E-state index contributed by atoms with van der Waals surface area (Å²) in [5.74, 6) is 1.14. The van der Waals surface area contributed by atoms with Crippen LogP contribution in [0.3, 0.4) is 0 Å². The number of aromatic nitrogens is 2. The molecule has 7 heteroatoms. The molecule has 2 rings (SSSR count). The van der Waals surface area contributed by atoms with Gasteiger partial charge in [0.25, 0.3) is 0 Å². The average Bonchev–Trinajstić information content (AvgIpc) is 3.03. The van der Waals surface area contributed by atoms with Gasteiger partial charge in [0.15, 0.2) is 5.96 Å². The summed E-state index contributed by atoms with van der Waals surface area (Å²) in [6.07, 6.45) is 3.73. The highest BCUT2D eigenvalue weighted by molar-refractivity contribution is 5.79. The molecule has 142 valence electrons. The van der Waals surface area contributed by atoms with Crippen LogP contribution in [0.5, 0.6) is 5.75 Å². The number of halogens is 1. The Kier molecular flexibility index (Phi) is 7.92. The van der Waals surface area contributed by atoms with Gasteiger partial charge in [-0.05, 0) is 63.4 Å². The van der Waals surface area contributed by atoms with Crippen LogP contribution in [-0.4, -0.2) is 41.9 Å². The van der Waals surface area contributed by atoms with Crippen molar-refractivity contribution in [1.82, 2.24) is 20.8 Å². The van der Waals surface area contributed by atoms with E-state index in [1.807, 2.05) is 27.0 Å². The Morgan fingerprint density at radius 3 is 2.73 bits per heavy atom. The van der Waals surface area contributed by atoms with Gasteiger partial charge < -0.3 is 15.4 Å². The Labute approximate surface area is 154 Å². The number of hydrogen-bond donors (Lipinski definition) is 3. The number of aromatic amines is 1. The zero-order valence-corrected chi connectivity index (χ0v) is 15.7. The Bertz CT molecular complexity index is 683. The van der Waals surface area contributed by atoms with Crippen LogP contribution in [0.25, 0.3) is 0 Å². The van der Waals surface area contributed by atoms with E-state index in [0.29, 0.717) is 12.3 Å². The van der Waals surface area contributed by atoms with Crippen molar-refractivity contribution in [2.24, 2.45) is 4.99 Å². The SMILES string of the molecule is CCNC(=NCC(C)Oc1ccc(F)cc1)NCCCc1cn[nH]c1C. The van der Waals surface area contributed by atoms with E-state index < -0.39 is 0 Å². The van der Waals surface area contributed by atoms with E-state index in [9.17, 15) is 4.39 Å². The molecule has 26 heavy (non-hydrogen) atoms. The van der Waals surface area contributed by atoms with Crippen LogP contribution in [0.2, 0.25) is 0 Å². The van der Waals surface area contributed by atoms with Crippen molar-refractivity contribution in [1.29, 1.82) is 0 Å². The molecule has 1 heterocycles. The van der Waals surface area contributed by atoms with Gasteiger partial charge in [0.05, 0.1) is 12.7 Å². The molecular weight excluding hydrogens is 333 g/mol. The van der Waals surface area contributed by atoms with Crippen LogP contribution >= 0.6 is 0 Å². The zero-order valence-electron chi connectivity index (χ0n) is 15.7. The van der Waals surface area contributed by atoms with Gasteiger partial charge in [-0.15, -0.1) is 0 Å². The molecule has 1 unspecified atom stereocenters. The molecule has 0 fully saturated rings. The molecule has 0 aliphatic rings. The van der Waals surface area contributed by atoms with E-state index in [1.165, 1.54) is 17.7 Å². The first-order valence-corrected chi connectivity index (χ1v) is 9.01. The maximum Gasteiger partial charge on any atom is 0.191 e. The monoisotopic (exact) mass is 361 g/mol. The highest BCUT2D eigenvalue weighted by atomic mass is 19.1. The third-order valence-electron chi connectivity index (χ3n) is 3.85. The molecular formula is C19H28FN5O. The number of H-pyrrole nitrogens is 1. The molecule has 0 spiro atoms. The van der Waals surface area contributed by atoms with Gasteiger partial charge in [0.2, 0.25) is 0 Å². The molecule has 0 saturated heterocycles. The Morgan fingerprint density at radius 2 is 2.08 bits per heavy atom. The van der Waals surface area contributed by atoms with E-state index in [0.717, 1.165) is 37.6 Å². The van der Waals surface area contributed by atoms with E-state index in [1.54, 1.807) is 12.1 Å². The first-order valence-electron chi connectivity index (χ1n) is 9.01. The van der Waals surface area contributed by atoms with E-state index in [-0.39, 0.29) is 11.9 Å². The molecule has 1 aromatic carbocycles. The number of nitrogens with one attached hydrogen (secondary N) is 3. The summed E-state index contributed by atoms with van der Waals surface area (Å²) < 4.78 is 18.7. The lowest BCUT2D eigenvalue weighted by molar-refractivity contribution is 0.230. The summed E-state index contributed by atoms with van der Waals surface area (Å²) in [7, 11) is 0. The fourth-order valence-electron chi connectivity index (χ4n) is 2.46. The van der Waals surface area contributed by atoms with Crippen LogP contribution in [0, 0.1) is 12.7 Å². The summed E-state index contributed by atoms with van der Waals surface area (Å²) in [6, 6.07) is 6.02. The second kappa shape index (κ2) is 10.4. The largest absolute Gasteiger partial charge is 0.489 e. The third kappa shape index (κ3) is 6.74. The van der Waals surface area contributed by atoms with Crippen LogP contribution in [0.4, 0.5) is 4.39 Å². The van der Waals surface area contributed by atoms with Crippen LogP contribution < -0.4 is 15.4 Å². The lowest BCUT2D eigenvalue weighted by Gasteiger charge is -2.15. The van der Waals surface area contributed by atoms with Crippen molar-refractivity contribution < 1.29 is 9.13 Å². The highest BCUT2D eigenvalue weighted by Crippen LogP contribution is 2.13. The standard InChI is InChI=1S/C19H28FN5O/c1-4-21-19(22-11-5-6-16-13-24-25-15(16)3)23-12-14(2)26-18-9-7-17(20)8-10-18/h7-10,13-14H,4-6,11-12H2,1-3H3,(H,24,25)(H2,21,22,23). The second-order valence-corrected chi connectivity index (χ2v) is 6.15. The van der Waals surface area contributed by atoms with E-state index >= 15 is 0 Å². The summed E-state index contributed by atoms with van der Waals surface area (Å²) in [5, 5.41) is 13.6. The lowest BCUT2D eigenvalue weighted by Crippen LogP contribution is -2.38. The number of aliphatic imine (C=N–C) groups is 1. The molecule has 1 aromatic heterocycles. The molecule has 6 nitrogen and oxygen atoms in total. The topological polar surface area (TPSA) is 74.3 Å². The van der Waals surface area contributed by atoms with Gasteiger partial charge >= 0.3 is 0 Å². The maximum atomic E-state index is 12.9. The summed E-state index contributed by atoms with van der Waals surface area (Å²) in [5.41, 5.74) is 2.37. The van der Waals surface area contributed by atoms with Gasteiger partial charge in [-0.2, -0.15) is 5.10 Å². The van der Waals surface area contributed by atoms with Crippen LogP contribution in [-0.2, 0) is 6.42 Å². The number of nitrogens with zero attached hydrogens (tertiary/aromatic N) is 2. The van der Waals surface area contributed by atoms with Crippen molar-refractivity contribution in [2.75, 3.05) is 19.6 Å². The van der Waals surface area contributed by atoms with Gasteiger partial charge in [0.1, 0.15) is 17.7 Å². The molecule has 1 atom stereocenters. The number of ether oxygens (including phenoxy) is 1. The number of aryl methyl sites for hydroxylation is 2. The van der Waals surface area contributed by atoms with Crippen molar-refractivity contribution in [3.05, 3.63) is 47.5 Å². The molecule has 0 amide bonds. The molecule has 0 bridgehead atoms. The van der Waals surface area contributed by atoms with Crippen molar-refractivity contribution >= 4 is 5.96 Å². The van der Waals surface area contributed by atoms with Gasteiger partial charge in [0, 0.05) is 18.8 Å². The molecule has 0 aliphatic heterocycles. The smallest absolute Gasteiger partial charge is 0.191 e. The average molecular weight is 361 g/mol. The predicted octanol–water partition coefficient (Wildman–Crippen LogP) is 2.81. The first-order chi connectivity index (χ1) is 12.6. The fraction of sp³-hybridized carbons (Fsp3) is 0.474. The third-order valence-corrected chi connectivity index (χ3v) is 3.85. The van der Waals surface area contributed by atoms with Crippen molar-refractivity contribution in [2.45, 2.75) is 39.7 Å². The number of benzene rings is 1. The highest BCUT2D eigenvalue weighted by Gasteiger charge is 2.05. The summed E-state index contributed by atoms with van der Waals surface area (Å²) in [4.78, 5) is 4.56. The Hall–Kier alpha value is -2.57. The molecule has 2 aromatic rings. The lowest BCUT2D eigenvalue weighted by atomic mass is 10.1. The van der Waals surface area contributed by atoms with E-state index in [4.69, 9.17) is 4.74 Å². The quantitative estimate of drug-likeness (QED) is 0.365. The first kappa shape index (κ1) is 19.8. The number of guanidine groups is 1. The number of rotatable bonds is 9. The zero-order chi connectivity index (χ0) is 18.8. The molecule has 0 radical (unpaired) electrons. The van der Waals surface area contributed by atoms with Gasteiger partial charge in [-0.3, -0.25) is 5.10 Å². The normalized spacial score (nSPS) is 12.7. The fourth-order valence-corrected chi connectivity index (χ4v) is 2.46. The molecule has 0 saturated carbocycles. The minimum atomic E-state index is -0.271. The predicted molar refractivity (Wildman–Crippen MR) is 102 cm³/mol. The van der Waals surface area contributed by atoms with Crippen LogP contribution in [0.1, 0.15) is 31.5 Å². The minimum absolute atomic E-state index is 0.107. The van der Waals surface area contributed by atoms with E-state index in [2.05, 4.69) is 25.8 Å². The Morgan fingerprint density at radius 1 is 1.31 bits per heavy atom. The molecule has 0 aliphatic carbocycles. The second-order valence-electron chi connectivity index (χ2n) is 6.15. The van der Waals surface area contributed by atoms with Crippen LogP contribution in [0.15, 0.2) is 35.5 Å². The minimum Gasteiger partial charge on any atom is -0.489 e. The van der Waals surface area contributed by atoms with Gasteiger partial charge in [-0.25, -0.2) is 9.38 Å². The summed E-state index contributed by atoms with van der Waals surface area (Å²) >= 11 is 0. The number of hydrogen-bond acceptors (Lipinski definition) is 3. The van der Waals surface area contributed by atoms with Crippen molar-refractivity contribution in [3.8, 4) is 5.75 Å². The molecule has 3 N–H and O–H groups in total. The van der Waals surface area contributed by atoms with Gasteiger partial charge in [-0.1, -0.05) is 0 Å².